The number of anilines is 2. The number of thiazole rings is 1. The number of aliphatic hydroxyl groups excluding tert-OH is 1. The summed E-state index contributed by atoms with van der Waals surface area (Å²) in [6.45, 7) is 10.1. The fourth-order valence-electron chi connectivity index (χ4n) is 9.53. The number of Topliss-reactive ketones (excluding diaryl/α,β-unsaturated/α-hetero) is 1. The van der Waals surface area contributed by atoms with Crippen molar-refractivity contribution in [3.05, 3.63) is 120 Å². The van der Waals surface area contributed by atoms with Crippen LogP contribution in [0.5, 0.6) is 23.0 Å². The first-order valence-corrected chi connectivity index (χ1v) is 28.2. The first-order chi connectivity index (χ1) is 38.9. The second kappa shape index (κ2) is 27.4. The van der Waals surface area contributed by atoms with Gasteiger partial charge in [-0.25, -0.2) is 13.8 Å². The van der Waals surface area contributed by atoms with Crippen LogP contribution in [0.2, 0.25) is 0 Å². The molecule has 4 N–H and O–H groups in total. The van der Waals surface area contributed by atoms with Gasteiger partial charge in [0.25, 0.3) is 0 Å². The van der Waals surface area contributed by atoms with Crippen LogP contribution < -0.4 is 30.2 Å². The third-order valence-corrected chi connectivity index (χ3v) is 15.5. The smallest absolute Gasteiger partial charge is 0.243 e. The van der Waals surface area contributed by atoms with Crippen molar-refractivity contribution in [1.82, 2.24) is 20.2 Å². The topological polar surface area (TPSA) is 217 Å². The fraction of sp³-hybridized carbons (Fsp3) is 0.426. The maximum atomic E-state index is 15.5. The van der Waals surface area contributed by atoms with E-state index in [0.29, 0.717) is 79.5 Å². The molecule has 2 aromatic heterocycles. The summed E-state index contributed by atoms with van der Waals surface area (Å²) in [4.78, 5) is 78.3. The summed E-state index contributed by atoms with van der Waals surface area (Å²) >= 11 is 1.57. The molecule has 8 rings (SSSR count). The summed E-state index contributed by atoms with van der Waals surface area (Å²) < 4.78 is 58.1. The highest BCUT2D eigenvalue weighted by molar-refractivity contribution is 7.13. The van der Waals surface area contributed by atoms with Crippen LogP contribution in [0.1, 0.15) is 89.8 Å². The zero-order valence-corrected chi connectivity index (χ0v) is 47.1. The van der Waals surface area contributed by atoms with E-state index in [2.05, 4.69) is 25.9 Å². The van der Waals surface area contributed by atoms with E-state index < -0.39 is 52.3 Å². The van der Waals surface area contributed by atoms with Crippen LogP contribution >= 0.6 is 11.3 Å². The number of β-amino-alcohol motifs (C(OH)–C–C–N with tert-alkyl or cyclic N) is 1. The number of hydrogen-bond donors (Lipinski definition) is 4. The predicted molar refractivity (Wildman–Crippen MR) is 303 cm³/mol. The number of carbonyl (C=O) groups is 5. The Morgan fingerprint density at radius 2 is 1.46 bits per heavy atom. The number of carbonyl (C=O) groups excluding carboxylic acids is 5. The first kappa shape index (κ1) is 59.7. The molecule has 6 aromatic rings. The van der Waals surface area contributed by atoms with E-state index in [4.69, 9.17) is 23.7 Å². The third-order valence-electron chi connectivity index (χ3n) is 14.5. The molecule has 0 bridgehead atoms. The molecule has 2 fully saturated rings. The largest absolute Gasteiger partial charge is 0.493 e. The van der Waals surface area contributed by atoms with Crippen LogP contribution in [-0.4, -0.2) is 108 Å². The van der Waals surface area contributed by atoms with E-state index >= 15 is 4.39 Å². The predicted octanol–water partition coefficient (Wildman–Crippen LogP) is 10.4. The lowest BCUT2D eigenvalue weighted by Crippen LogP contribution is -2.50. The monoisotopic (exact) mass is 1130 g/mol. The molecular weight excluding hydrogens is 1060 g/mol. The van der Waals surface area contributed by atoms with Gasteiger partial charge >= 0.3 is 0 Å². The number of nitrogens with zero attached hydrogens (tertiary/aromatic N) is 3. The molecule has 81 heavy (non-hydrogen) atoms. The summed E-state index contributed by atoms with van der Waals surface area (Å²) in [5.41, 5.74) is 3.86. The van der Waals surface area contributed by atoms with Gasteiger partial charge < -0.3 is 49.6 Å². The molecule has 0 radical (unpaired) electrons. The van der Waals surface area contributed by atoms with Gasteiger partial charge in [-0.3, -0.25) is 29.0 Å². The Labute approximate surface area is 474 Å². The maximum Gasteiger partial charge on any atom is 0.243 e. The molecule has 1 aliphatic carbocycles. The molecule has 1 saturated carbocycles. The van der Waals surface area contributed by atoms with Crippen LogP contribution in [0.3, 0.4) is 0 Å². The number of unbranched alkanes of at least 4 members (excludes halogenated alkanes) is 2. The van der Waals surface area contributed by atoms with E-state index in [1.165, 1.54) is 54.6 Å². The number of halogens is 2. The van der Waals surface area contributed by atoms with Gasteiger partial charge in [-0.15, -0.1) is 11.3 Å². The summed E-state index contributed by atoms with van der Waals surface area (Å²) in [7, 11) is 1.51. The number of pyridine rings is 1. The minimum Gasteiger partial charge on any atom is -0.493 e. The maximum absolute atomic E-state index is 15.5. The lowest BCUT2D eigenvalue weighted by Gasteiger charge is -2.34. The molecule has 1 aliphatic heterocycles. The Bertz CT molecular complexity index is 3170. The van der Waals surface area contributed by atoms with Gasteiger partial charge in [-0.05, 0) is 111 Å². The van der Waals surface area contributed by atoms with Crippen molar-refractivity contribution in [3.8, 4) is 33.4 Å². The molecule has 4 amide bonds. The Kier molecular flexibility index (Phi) is 20.2. The van der Waals surface area contributed by atoms with E-state index in [-0.39, 0.29) is 68.0 Å². The highest BCUT2D eigenvalue weighted by Crippen LogP contribution is 2.48. The van der Waals surface area contributed by atoms with Gasteiger partial charge in [0, 0.05) is 93.2 Å². The average Bonchev–Trinajstić information content (AvgIpc) is 4.13. The molecule has 4 aromatic carbocycles. The highest BCUT2D eigenvalue weighted by atomic mass is 32.1. The van der Waals surface area contributed by atoms with Crippen LogP contribution in [-0.2, 0) is 40.0 Å². The van der Waals surface area contributed by atoms with Gasteiger partial charge in [0.1, 0.15) is 28.8 Å². The lowest BCUT2D eigenvalue weighted by molar-refractivity contribution is -0.146. The number of methoxy groups -OCH3 is 1. The minimum atomic E-state index is -1.32. The SMILES string of the molecule is COc1cc2c(Oc3ccc(NC(=O)C4(C(=O)Nc5ccc(F)cc5)CC4)cc3F)ccnc2cc1OCCCCOCCCCOCCC(=O)C[C@H](C(=O)N1C[C@@H](O)C[C@H]1C(=O)NCc1ccc(-c2scnc2C)cc1)C(C)(C)C. The molecule has 0 spiro atoms. The number of benzene rings is 4. The lowest BCUT2D eigenvalue weighted by atomic mass is 9.76. The van der Waals surface area contributed by atoms with Crippen molar-refractivity contribution in [1.29, 1.82) is 0 Å². The molecule has 17 nitrogen and oxygen atoms in total. The highest BCUT2D eigenvalue weighted by Gasteiger charge is 2.56. The van der Waals surface area contributed by atoms with E-state index in [9.17, 15) is 33.5 Å². The quantitative estimate of drug-likeness (QED) is 0.0266. The average molecular weight is 1130 g/mol. The Morgan fingerprint density at radius 1 is 0.790 bits per heavy atom. The molecule has 0 unspecified atom stereocenters. The number of ether oxygens (including phenoxy) is 5. The molecule has 1 saturated heterocycles. The van der Waals surface area contributed by atoms with Crippen molar-refractivity contribution in [2.75, 3.05) is 57.3 Å². The van der Waals surface area contributed by atoms with E-state index in [1.807, 2.05) is 57.5 Å². The van der Waals surface area contributed by atoms with Crippen LogP contribution in [0.4, 0.5) is 20.2 Å². The number of ketones is 1. The van der Waals surface area contributed by atoms with Gasteiger partial charge in [0.15, 0.2) is 23.1 Å². The molecule has 3 atom stereocenters. The molecule has 3 heterocycles. The zero-order chi connectivity index (χ0) is 57.7. The Balaban J connectivity index is 0.696. The van der Waals surface area contributed by atoms with Crippen LogP contribution in [0, 0.1) is 35.3 Å². The third kappa shape index (κ3) is 15.7. The summed E-state index contributed by atoms with van der Waals surface area (Å²) in [6, 6.07) is 21.3. The molecular formula is C61H70F2N6O11S. The zero-order valence-electron chi connectivity index (χ0n) is 46.3. The number of fused-ring (bicyclic) bond motifs is 1. The van der Waals surface area contributed by atoms with Gasteiger partial charge in [0.2, 0.25) is 23.6 Å². The van der Waals surface area contributed by atoms with Crippen molar-refractivity contribution in [2.45, 2.75) is 104 Å². The van der Waals surface area contributed by atoms with Gasteiger partial charge in [0.05, 0.1) is 48.0 Å². The van der Waals surface area contributed by atoms with E-state index in [1.54, 1.807) is 29.5 Å². The summed E-state index contributed by atoms with van der Waals surface area (Å²) in [5.74, 6) is -2.66. The Hall–Kier alpha value is -7.39. The van der Waals surface area contributed by atoms with Crippen molar-refractivity contribution in [2.24, 2.45) is 16.7 Å². The molecule has 2 aliphatic rings. The number of hydrogen-bond acceptors (Lipinski definition) is 14. The Morgan fingerprint density at radius 3 is 2.10 bits per heavy atom. The van der Waals surface area contributed by atoms with Crippen molar-refractivity contribution >= 4 is 63.0 Å². The van der Waals surface area contributed by atoms with Crippen LogP contribution in [0.25, 0.3) is 21.3 Å². The second-order valence-electron chi connectivity index (χ2n) is 21.6. The second-order valence-corrected chi connectivity index (χ2v) is 22.4. The first-order valence-electron chi connectivity index (χ1n) is 27.3. The standard InChI is InChI=1S/C61H70F2N6O11S/c1-38-55(81-37-66-38)40-12-10-39(11-13-40)35-65-56(72)50-32-45(71)36-69(50)57(73)47(60(2,3)4)31-44(70)21-29-78-27-7-6-25-77-26-8-9-28-79-54-34-49-46(33-53(54)76-5)51(20-24-64-49)80-52-19-18-43(30-48(52)63)68-59(75)61(22-23-61)58(74)67-42-16-14-41(62)15-17-42/h10-20,24,30,33-34,37,45,47,50,71H,6-9,21-23,25-29,31-32,35-36H2,1-5H3,(H,65,72)(H,67,74)(H,68,75)/t45-,47+,50-/m0/s1. The number of aromatic nitrogens is 2. The number of likely N-dealkylation sites (tertiary alicyclic amines) is 1. The number of rotatable bonds is 28. The fourth-order valence-corrected chi connectivity index (χ4v) is 10.3. The van der Waals surface area contributed by atoms with Gasteiger partial charge in [-0.2, -0.15) is 0 Å². The number of aryl methyl sites for hydroxylation is 1. The minimum absolute atomic E-state index is 0.00380. The summed E-state index contributed by atoms with van der Waals surface area (Å²) in [6.07, 6.45) is 4.56. The van der Waals surface area contributed by atoms with E-state index in [0.717, 1.165) is 47.0 Å². The number of nitrogens with one attached hydrogen (secondary N) is 3. The normalized spacial score (nSPS) is 15.9. The number of aliphatic hydroxyl groups is 1. The van der Waals surface area contributed by atoms with Gasteiger partial charge in [-0.1, -0.05) is 45.0 Å². The summed E-state index contributed by atoms with van der Waals surface area (Å²) in [5, 5.41) is 19.4. The van der Waals surface area contributed by atoms with Crippen molar-refractivity contribution in [3.63, 3.8) is 0 Å². The molecule has 430 valence electrons. The van der Waals surface area contributed by atoms with Crippen LogP contribution in [0.15, 0.2) is 96.6 Å². The molecule has 20 heteroatoms. The number of amides is 4. The van der Waals surface area contributed by atoms with Crippen molar-refractivity contribution < 1.29 is 61.5 Å².